The second-order valence-corrected chi connectivity index (χ2v) is 15.5. The molecule has 2 saturated heterocycles. The zero-order chi connectivity index (χ0) is 36.7. The molecule has 0 aliphatic carbocycles. The number of carbonyl (C=O) groups is 1. The molecule has 2 aliphatic rings. The Balaban J connectivity index is 1.53. The third-order valence-electron chi connectivity index (χ3n) is 9.92. The Labute approximate surface area is 292 Å². The molecule has 4 aromatic rings. The number of pyridine rings is 1. The summed E-state index contributed by atoms with van der Waals surface area (Å²) in [6.45, 7) is 4.29. The molecule has 2 atom stereocenters. The highest BCUT2D eigenvalue weighted by atomic mass is 32.2. The second-order valence-electron chi connectivity index (χ2n) is 13.4. The van der Waals surface area contributed by atoms with Gasteiger partial charge in [0.2, 0.25) is 0 Å². The van der Waals surface area contributed by atoms with Gasteiger partial charge in [-0.1, -0.05) is 42.5 Å². The van der Waals surface area contributed by atoms with Gasteiger partial charge in [0.05, 0.1) is 27.2 Å². The molecule has 3 heterocycles. The highest BCUT2D eigenvalue weighted by Crippen LogP contribution is 2.38. The van der Waals surface area contributed by atoms with Gasteiger partial charge in [-0.05, 0) is 88.1 Å². The van der Waals surface area contributed by atoms with Crippen LogP contribution in [0.2, 0.25) is 0 Å². The molecule has 3 aromatic carbocycles. The average molecular weight is 733 g/mol. The molecular weight excluding hydrogens is 694 g/mol. The number of halogens is 6. The van der Waals surface area contributed by atoms with Gasteiger partial charge in [-0.15, -0.1) is 0 Å². The predicted molar refractivity (Wildman–Crippen MR) is 182 cm³/mol. The van der Waals surface area contributed by atoms with Gasteiger partial charge in [0.25, 0.3) is 5.91 Å². The summed E-state index contributed by atoms with van der Waals surface area (Å²) in [7, 11) is -3.85. The number of nitrogens with zero attached hydrogens (tertiary/aromatic N) is 3. The van der Waals surface area contributed by atoms with E-state index in [1.807, 2.05) is 4.90 Å². The van der Waals surface area contributed by atoms with Crippen LogP contribution >= 0.6 is 0 Å². The summed E-state index contributed by atoms with van der Waals surface area (Å²) in [5, 5.41) is 2.10. The SMILES string of the molecule is CC1CCCN1C1CCN(Cc2c(-c3cccc(C(F)(F)F)c3)nc3ccc(S(C)(=O)=O)cc3c2C(=O)NC(c2ccccc2)C(F)(F)F)CC1. The van der Waals surface area contributed by atoms with E-state index in [0.29, 0.717) is 25.2 Å². The fraction of sp³-hybridized carbons (Fsp3) is 0.405. The summed E-state index contributed by atoms with van der Waals surface area (Å²) < 4.78 is 111. The fourth-order valence-electron chi connectivity index (χ4n) is 7.34. The third kappa shape index (κ3) is 8.07. The summed E-state index contributed by atoms with van der Waals surface area (Å²) in [5.74, 6) is -1.16. The smallest absolute Gasteiger partial charge is 0.337 e. The maximum atomic E-state index is 14.6. The van der Waals surface area contributed by atoms with Crippen molar-refractivity contribution < 1.29 is 39.6 Å². The van der Waals surface area contributed by atoms with Crippen molar-refractivity contribution in [1.29, 1.82) is 0 Å². The van der Waals surface area contributed by atoms with Crippen molar-refractivity contribution in [2.24, 2.45) is 0 Å². The number of benzene rings is 3. The molecule has 0 spiro atoms. The van der Waals surface area contributed by atoms with Gasteiger partial charge in [0.1, 0.15) is 0 Å². The van der Waals surface area contributed by atoms with Gasteiger partial charge >= 0.3 is 12.4 Å². The van der Waals surface area contributed by atoms with Crippen LogP contribution in [0.5, 0.6) is 0 Å². The minimum Gasteiger partial charge on any atom is -0.337 e. The normalized spacial score (nSPS) is 19.0. The Hall–Kier alpha value is -4.01. The van der Waals surface area contributed by atoms with E-state index in [0.717, 1.165) is 50.6 Å². The monoisotopic (exact) mass is 732 g/mol. The Bertz CT molecular complexity index is 2010. The Morgan fingerprint density at radius 2 is 1.63 bits per heavy atom. The van der Waals surface area contributed by atoms with Gasteiger partial charge in [-0.25, -0.2) is 13.4 Å². The van der Waals surface area contributed by atoms with Gasteiger partial charge in [-0.2, -0.15) is 26.3 Å². The lowest BCUT2D eigenvalue weighted by Crippen LogP contribution is -2.46. The number of likely N-dealkylation sites (tertiary alicyclic amines) is 2. The van der Waals surface area contributed by atoms with Gasteiger partial charge in [0, 0.05) is 41.4 Å². The van der Waals surface area contributed by atoms with Crippen LogP contribution in [0.15, 0.2) is 77.7 Å². The van der Waals surface area contributed by atoms with Crippen LogP contribution in [0.3, 0.4) is 0 Å². The van der Waals surface area contributed by atoms with Crippen molar-refractivity contribution in [3.8, 4) is 11.3 Å². The van der Waals surface area contributed by atoms with E-state index >= 15 is 0 Å². The lowest BCUT2D eigenvalue weighted by atomic mass is 9.93. The summed E-state index contributed by atoms with van der Waals surface area (Å²) in [5.41, 5.74) is -1.33. The summed E-state index contributed by atoms with van der Waals surface area (Å²) in [6.07, 6.45) is -4.88. The molecule has 51 heavy (non-hydrogen) atoms. The van der Waals surface area contributed by atoms with E-state index in [1.165, 1.54) is 60.7 Å². The summed E-state index contributed by atoms with van der Waals surface area (Å²) in [6, 6.07) is 13.3. The standard InChI is InChI=1S/C37H38F6N4O3S/c1-23-8-7-17-47(23)27-15-18-46(19-16-27)22-30-32(35(48)45-34(37(41,42)43)24-9-4-3-5-10-24)29-21-28(51(2,49)50)13-14-31(29)44-33(30)25-11-6-12-26(20-25)36(38,39)40/h3-6,9-14,20-21,23,27,34H,7-8,15-19,22H2,1-2H3,(H,45,48). The number of alkyl halides is 6. The first-order valence-electron chi connectivity index (χ1n) is 16.8. The zero-order valence-electron chi connectivity index (χ0n) is 28.1. The van der Waals surface area contributed by atoms with Gasteiger partial charge in [0.15, 0.2) is 15.9 Å². The van der Waals surface area contributed by atoms with E-state index < -0.39 is 39.7 Å². The minimum absolute atomic E-state index is 0.00980. The number of amides is 1. The minimum atomic E-state index is -4.92. The third-order valence-corrected chi connectivity index (χ3v) is 11.0. The number of sulfone groups is 1. The summed E-state index contributed by atoms with van der Waals surface area (Å²) >= 11 is 0. The lowest BCUT2D eigenvalue weighted by Gasteiger charge is -2.39. The average Bonchev–Trinajstić information content (AvgIpc) is 3.51. The molecule has 1 amide bonds. The molecule has 1 aromatic heterocycles. The quantitative estimate of drug-likeness (QED) is 0.186. The van der Waals surface area contributed by atoms with Crippen molar-refractivity contribution in [3.05, 3.63) is 95.1 Å². The van der Waals surface area contributed by atoms with Crippen LogP contribution in [-0.2, 0) is 22.6 Å². The topological polar surface area (TPSA) is 82.6 Å². The van der Waals surface area contributed by atoms with E-state index in [9.17, 15) is 39.6 Å². The maximum absolute atomic E-state index is 14.6. The van der Waals surface area contributed by atoms with Crippen LogP contribution in [-0.4, -0.2) is 73.3 Å². The molecule has 272 valence electrons. The number of hydrogen-bond donors (Lipinski definition) is 1. The highest BCUT2D eigenvalue weighted by Gasteiger charge is 2.43. The molecule has 14 heteroatoms. The molecule has 6 rings (SSSR count). The van der Waals surface area contributed by atoms with Crippen LogP contribution < -0.4 is 5.32 Å². The van der Waals surface area contributed by atoms with E-state index in [2.05, 4.69) is 22.1 Å². The molecule has 0 bridgehead atoms. The van der Waals surface area contributed by atoms with Crippen LogP contribution in [0.1, 0.15) is 65.7 Å². The molecule has 1 N–H and O–H groups in total. The number of hydrogen-bond acceptors (Lipinski definition) is 6. The first kappa shape index (κ1) is 36.8. The van der Waals surface area contributed by atoms with Crippen molar-refractivity contribution in [3.63, 3.8) is 0 Å². The van der Waals surface area contributed by atoms with E-state index in [1.54, 1.807) is 0 Å². The Kier molecular flexibility index (Phi) is 10.2. The number of carbonyl (C=O) groups excluding carboxylic acids is 1. The first-order chi connectivity index (χ1) is 24.0. The van der Waals surface area contributed by atoms with Gasteiger partial charge < -0.3 is 5.32 Å². The van der Waals surface area contributed by atoms with Gasteiger partial charge in [-0.3, -0.25) is 14.6 Å². The van der Waals surface area contributed by atoms with Crippen LogP contribution in [0, 0.1) is 0 Å². The van der Waals surface area contributed by atoms with E-state index in [-0.39, 0.29) is 50.3 Å². The predicted octanol–water partition coefficient (Wildman–Crippen LogP) is 7.81. The largest absolute Gasteiger partial charge is 0.416 e. The molecule has 0 radical (unpaired) electrons. The fourth-order valence-corrected chi connectivity index (χ4v) is 7.99. The van der Waals surface area contributed by atoms with Crippen molar-refractivity contribution in [2.75, 3.05) is 25.9 Å². The van der Waals surface area contributed by atoms with Crippen molar-refractivity contribution >= 4 is 26.6 Å². The van der Waals surface area contributed by atoms with E-state index in [4.69, 9.17) is 0 Å². The lowest BCUT2D eigenvalue weighted by molar-refractivity contribution is -0.155. The molecule has 7 nitrogen and oxygen atoms in total. The molecule has 2 unspecified atom stereocenters. The molecule has 2 aliphatic heterocycles. The highest BCUT2D eigenvalue weighted by molar-refractivity contribution is 7.90. The number of piperidine rings is 1. The number of fused-ring (bicyclic) bond motifs is 1. The summed E-state index contributed by atoms with van der Waals surface area (Å²) in [4.78, 5) is 23.4. The maximum Gasteiger partial charge on any atom is 0.416 e. The molecular formula is C37H38F6N4O3S. The number of nitrogens with one attached hydrogen (secondary N) is 1. The Morgan fingerprint density at radius 1 is 0.922 bits per heavy atom. The van der Waals surface area contributed by atoms with Crippen molar-refractivity contribution in [1.82, 2.24) is 20.1 Å². The number of rotatable bonds is 8. The number of aromatic nitrogens is 1. The van der Waals surface area contributed by atoms with Crippen LogP contribution in [0.4, 0.5) is 26.3 Å². The van der Waals surface area contributed by atoms with Crippen LogP contribution in [0.25, 0.3) is 22.2 Å². The second kappa shape index (κ2) is 14.2. The molecule has 2 fully saturated rings. The first-order valence-corrected chi connectivity index (χ1v) is 18.6. The molecule has 0 saturated carbocycles. The zero-order valence-corrected chi connectivity index (χ0v) is 28.9. The Morgan fingerprint density at radius 3 is 2.24 bits per heavy atom. The van der Waals surface area contributed by atoms with Crippen molar-refractivity contribution in [2.45, 2.75) is 74.5 Å².